The van der Waals surface area contributed by atoms with Gasteiger partial charge in [0, 0.05) is 48.3 Å². The lowest BCUT2D eigenvalue weighted by Gasteiger charge is -2.39. The highest BCUT2D eigenvalue weighted by Crippen LogP contribution is 2.39. The van der Waals surface area contributed by atoms with Crippen molar-refractivity contribution >= 4 is 46.5 Å². The zero-order chi connectivity index (χ0) is 28.4. The van der Waals surface area contributed by atoms with Crippen LogP contribution >= 0.6 is 11.6 Å². The van der Waals surface area contributed by atoms with Crippen molar-refractivity contribution in [2.75, 3.05) is 9.80 Å². The number of hydrogen-bond acceptors (Lipinski definition) is 5. The van der Waals surface area contributed by atoms with Crippen LogP contribution in [0, 0.1) is 6.57 Å². The first-order valence-electron chi connectivity index (χ1n) is 12.5. The van der Waals surface area contributed by atoms with Crippen molar-refractivity contribution in [1.29, 1.82) is 0 Å². The smallest absolute Gasteiger partial charge is 0.252 e. The van der Waals surface area contributed by atoms with Crippen LogP contribution in [-0.2, 0) is 14.4 Å². The lowest BCUT2D eigenvalue weighted by Crippen LogP contribution is -2.56. The summed E-state index contributed by atoms with van der Waals surface area (Å²) in [4.78, 5) is 55.3. The van der Waals surface area contributed by atoms with Crippen molar-refractivity contribution in [2.24, 2.45) is 0 Å². The van der Waals surface area contributed by atoms with Crippen molar-refractivity contribution in [3.05, 3.63) is 89.1 Å². The number of nitrogens with zero attached hydrogens (tertiary/aromatic N) is 5. The van der Waals surface area contributed by atoms with E-state index in [4.69, 9.17) is 18.2 Å². The summed E-state index contributed by atoms with van der Waals surface area (Å²) in [6, 6.07) is 9.32. The number of rotatable bonds is 7. The topological polar surface area (TPSA) is 99.9 Å². The molecule has 5 rings (SSSR count). The molecule has 40 heavy (non-hydrogen) atoms. The van der Waals surface area contributed by atoms with Gasteiger partial charge in [-0.25, -0.2) is 18.6 Å². The summed E-state index contributed by atoms with van der Waals surface area (Å²) < 4.78 is 27.1. The third-order valence-corrected chi connectivity index (χ3v) is 7.25. The van der Waals surface area contributed by atoms with Gasteiger partial charge in [-0.2, -0.15) is 0 Å². The number of aromatic nitrogens is 2. The van der Waals surface area contributed by atoms with E-state index in [2.05, 4.69) is 20.1 Å². The van der Waals surface area contributed by atoms with Crippen LogP contribution < -0.4 is 15.1 Å². The Morgan fingerprint density at radius 1 is 1.18 bits per heavy atom. The van der Waals surface area contributed by atoms with Gasteiger partial charge in [0.05, 0.1) is 18.5 Å². The van der Waals surface area contributed by atoms with Crippen LogP contribution in [-0.4, -0.2) is 45.7 Å². The minimum Gasteiger partial charge on any atom is -0.351 e. The number of alkyl halides is 2. The van der Waals surface area contributed by atoms with Crippen molar-refractivity contribution < 1.29 is 23.2 Å². The molecule has 1 aromatic carbocycles. The number of carbonyl (C=O) groups is 3. The fraction of sp³-hybridized carbons (Fsp3) is 0.286. The number of benzene rings is 1. The van der Waals surface area contributed by atoms with E-state index in [-0.39, 0.29) is 46.5 Å². The second kappa shape index (κ2) is 11.0. The molecular formula is C28H23ClF2N6O3. The van der Waals surface area contributed by atoms with Crippen LogP contribution in [0.15, 0.2) is 67.1 Å². The summed E-state index contributed by atoms with van der Waals surface area (Å²) in [5.74, 6) is -4.41. The summed E-state index contributed by atoms with van der Waals surface area (Å²) in [6.07, 6.45) is 3.42. The van der Waals surface area contributed by atoms with Gasteiger partial charge >= 0.3 is 0 Å². The molecule has 1 aliphatic carbocycles. The summed E-state index contributed by atoms with van der Waals surface area (Å²) in [7, 11) is 0. The van der Waals surface area contributed by atoms with Crippen molar-refractivity contribution in [3.63, 3.8) is 0 Å². The zero-order valence-corrected chi connectivity index (χ0v) is 21.8. The van der Waals surface area contributed by atoms with Crippen molar-refractivity contribution in [1.82, 2.24) is 15.3 Å². The Morgan fingerprint density at radius 3 is 2.62 bits per heavy atom. The van der Waals surface area contributed by atoms with Gasteiger partial charge in [0.1, 0.15) is 17.9 Å². The normalized spacial score (nSPS) is 18.9. The van der Waals surface area contributed by atoms with Gasteiger partial charge in [-0.3, -0.25) is 29.2 Å². The van der Waals surface area contributed by atoms with E-state index in [0.717, 1.165) is 0 Å². The van der Waals surface area contributed by atoms with Gasteiger partial charge in [-0.05, 0) is 36.8 Å². The second-order valence-corrected chi connectivity index (χ2v) is 10.0. The highest BCUT2D eigenvalue weighted by molar-refractivity contribution is 6.31. The Kier molecular flexibility index (Phi) is 7.45. The quantitative estimate of drug-likeness (QED) is 0.413. The molecule has 2 aromatic heterocycles. The van der Waals surface area contributed by atoms with Gasteiger partial charge in [0.2, 0.25) is 11.8 Å². The molecule has 0 radical (unpaired) electrons. The molecule has 0 bridgehead atoms. The lowest BCUT2D eigenvalue weighted by molar-refractivity contribution is -0.133. The molecule has 3 aromatic rings. The van der Waals surface area contributed by atoms with Crippen LogP contribution in [0.1, 0.15) is 37.3 Å². The Bertz CT molecular complexity index is 1490. The first-order valence-corrected chi connectivity index (χ1v) is 12.9. The Labute approximate surface area is 233 Å². The second-order valence-electron chi connectivity index (χ2n) is 9.62. The number of halogens is 3. The molecule has 1 N–H and O–H groups in total. The van der Waals surface area contributed by atoms with Gasteiger partial charge < -0.3 is 5.32 Å². The maximum atomic E-state index is 14.4. The maximum absolute atomic E-state index is 14.4. The average molecular weight is 565 g/mol. The maximum Gasteiger partial charge on any atom is 0.252 e. The SMILES string of the molecule is [C-]#[N+]c1ccnc(N2C(=O)CC[C@H]2C(=O)N(c2cccnc2)[C@H](C(=O)NC2CC(F)(F)C2)c2ccccc2Cl)c1. The molecule has 3 amide bonds. The molecule has 9 nitrogen and oxygen atoms in total. The summed E-state index contributed by atoms with van der Waals surface area (Å²) in [6.45, 7) is 7.30. The van der Waals surface area contributed by atoms with E-state index in [1.165, 1.54) is 40.5 Å². The molecule has 3 heterocycles. The predicted molar refractivity (Wildman–Crippen MR) is 143 cm³/mol. The van der Waals surface area contributed by atoms with Crippen molar-refractivity contribution in [2.45, 2.75) is 49.7 Å². The zero-order valence-electron chi connectivity index (χ0n) is 21.0. The van der Waals surface area contributed by atoms with Gasteiger partial charge in [-0.1, -0.05) is 29.8 Å². The number of pyridine rings is 2. The Morgan fingerprint density at radius 2 is 1.95 bits per heavy atom. The summed E-state index contributed by atoms with van der Waals surface area (Å²) in [5.41, 5.74) is 0.758. The molecule has 12 heteroatoms. The van der Waals surface area contributed by atoms with E-state index in [9.17, 15) is 23.2 Å². The Balaban J connectivity index is 1.58. The first kappa shape index (κ1) is 27.1. The molecule has 1 saturated heterocycles. The number of anilines is 2. The van der Waals surface area contributed by atoms with Gasteiger partial charge in [0.15, 0.2) is 5.69 Å². The fourth-order valence-corrected chi connectivity index (χ4v) is 5.25. The third-order valence-electron chi connectivity index (χ3n) is 6.91. The molecule has 204 valence electrons. The lowest BCUT2D eigenvalue weighted by atomic mass is 9.87. The molecule has 2 fully saturated rings. The van der Waals surface area contributed by atoms with Crippen LogP contribution in [0.4, 0.5) is 26.0 Å². The molecule has 0 unspecified atom stereocenters. The van der Waals surface area contributed by atoms with Crippen LogP contribution in [0.5, 0.6) is 0 Å². The number of amides is 3. The minimum atomic E-state index is -2.87. The summed E-state index contributed by atoms with van der Waals surface area (Å²) >= 11 is 6.51. The van der Waals surface area contributed by atoms with E-state index in [1.54, 1.807) is 36.4 Å². The van der Waals surface area contributed by atoms with Gasteiger partial charge in [0.25, 0.3) is 11.8 Å². The molecule has 2 atom stereocenters. The first-order chi connectivity index (χ1) is 19.2. The molecule has 1 saturated carbocycles. The Hall–Kier alpha value is -4.43. The van der Waals surface area contributed by atoms with E-state index >= 15 is 0 Å². The predicted octanol–water partition coefficient (Wildman–Crippen LogP) is 4.86. The van der Waals surface area contributed by atoms with Gasteiger partial charge in [-0.15, -0.1) is 0 Å². The highest BCUT2D eigenvalue weighted by atomic mass is 35.5. The van der Waals surface area contributed by atoms with Crippen molar-refractivity contribution in [3.8, 4) is 0 Å². The molecule has 2 aliphatic rings. The van der Waals surface area contributed by atoms with E-state index < -0.39 is 48.7 Å². The fourth-order valence-electron chi connectivity index (χ4n) is 5.01. The highest BCUT2D eigenvalue weighted by Gasteiger charge is 2.48. The molecule has 1 aliphatic heterocycles. The average Bonchev–Trinajstić information content (AvgIpc) is 3.32. The third kappa shape index (κ3) is 5.35. The van der Waals surface area contributed by atoms with Crippen LogP contribution in [0.3, 0.4) is 0 Å². The molecular weight excluding hydrogens is 542 g/mol. The minimum absolute atomic E-state index is 0.0430. The largest absolute Gasteiger partial charge is 0.351 e. The van der Waals surface area contributed by atoms with Crippen LogP contribution in [0.2, 0.25) is 5.02 Å². The monoisotopic (exact) mass is 564 g/mol. The number of carbonyl (C=O) groups excluding carboxylic acids is 3. The van der Waals surface area contributed by atoms with E-state index in [1.807, 2.05) is 0 Å². The van der Waals surface area contributed by atoms with Crippen LogP contribution in [0.25, 0.3) is 4.85 Å². The standard InChI is InChI=1S/C28H23ClF2N6O3/c1-32-17-10-12-34-23(13-17)37-22(8-9-24(37)38)27(40)36(19-5-4-11-33-16-19)25(20-6-2-3-7-21(20)29)26(39)35-18-14-28(30,31)15-18/h2-7,10-13,16,18,22,25H,8-9,14-15H2,(H,35,39)/t22-,25-/m0/s1. The molecule has 0 spiro atoms. The number of nitrogens with one attached hydrogen (secondary N) is 1. The number of hydrogen-bond donors (Lipinski definition) is 1. The summed E-state index contributed by atoms with van der Waals surface area (Å²) in [5, 5.41) is 2.83. The van der Waals surface area contributed by atoms with E-state index in [0.29, 0.717) is 0 Å².